The molecule has 0 bridgehead atoms. The third-order valence-corrected chi connectivity index (χ3v) is 10.6. The predicted octanol–water partition coefficient (Wildman–Crippen LogP) is 3.68. The van der Waals surface area contributed by atoms with Gasteiger partial charge in [0.1, 0.15) is 24.0 Å². The topological polar surface area (TPSA) is 307 Å². The van der Waals surface area contributed by atoms with Crippen LogP contribution >= 0.6 is 15.6 Å². The van der Waals surface area contributed by atoms with Crippen molar-refractivity contribution in [2.75, 3.05) is 27.0 Å². The fraction of sp³-hybridized carbons (Fsp3) is 0.562. The molecule has 1 saturated heterocycles. The number of hydrogen-bond acceptors (Lipinski definition) is 23. The van der Waals surface area contributed by atoms with Crippen LogP contribution in [0.4, 0.5) is 14.4 Å². The second kappa shape index (κ2) is 21.0. The summed E-state index contributed by atoms with van der Waals surface area (Å²) < 4.78 is 93.5. The maximum atomic E-state index is 14.0. The van der Waals surface area contributed by atoms with Crippen LogP contribution in [-0.2, 0) is 71.2 Å². The van der Waals surface area contributed by atoms with Crippen LogP contribution in [0.2, 0.25) is 0 Å². The first kappa shape index (κ1) is 47.0. The van der Waals surface area contributed by atoms with E-state index in [2.05, 4.69) is 19.4 Å². The van der Waals surface area contributed by atoms with Crippen molar-refractivity contribution in [1.82, 2.24) is 14.3 Å². The molecule has 3 aromatic rings. The Labute approximate surface area is 334 Å². The number of fused-ring (bicyclic) bond motifs is 1. The van der Waals surface area contributed by atoms with E-state index in [9.17, 15) is 43.3 Å². The van der Waals surface area contributed by atoms with Crippen molar-refractivity contribution in [3.63, 3.8) is 0 Å². The molecule has 4 rings (SSSR count). The molecule has 1 fully saturated rings. The van der Waals surface area contributed by atoms with Crippen molar-refractivity contribution < 1.29 is 93.8 Å². The molecule has 0 saturated carbocycles. The molecule has 27 heteroatoms. The highest BCUT2D eigenvalue weighted by Gasteiger charge is 2.48. The summed E-state index contributed by atoms with van der Waals surface area (Å²) in [4.78, 5) is 62.1. The lowest BCUT2D eigenvalue weighted by Crippen LogP contribution is -2.43. The summed E-state index contributed by atoms with van der Waals surface area (Å²) in [7, 11) is -10.9. The zero-order valence-corrected chi connectivity index (χ0v) is 34.1. The first-order valence-electron chi connectivity index (χ1n) is 17.5. The van der Waals surface area contributed by atoms with Crippen molar-refractivity contribution in [2.24, 2.45) is 0 Å². The third-order valence-electron chi connectivity index (χ3n) is 7.22. The molecule has 0 radical (unpaired) electrons. The molecule has 1 aliphatic heterocycles. The molecular formula is C32H43N3O22P2. The Balaban J connectivity index is 1.55. The van der Waals surface area contributed by atoms with E-state index < -0.39 is 115 Å². The van der Waals surface area contributed by atoms with Crippen molar-refractivity contribution in [3.05, 3.63) is 63.1 Å². The van der Waals surface area contributed by atoms with Gasteiger partial charge in [0.2, 0.25) is 20.4 Å². The minimum atomic E-state index is -5.46. The number of aliphatic hydroxyl groups excluding tert-OH is 2. The van der Waals surface area contributed by atoms with Gasteiger partial charge in [-0.2, -0.15) is 4.31 Å². The van der Waals surface area contributed by atoms with Gasteiger partial charge < -0.3 is 47.9 Å². The lowest BCUT2D eigenvalue weighted by Gasteiger charge is -2.24. The van der Waals surface area contributed by atoms with Gasteiger partial charge in [0.25, 0.3) is 5.56 Å². The van der Waals surface area contributed by atoms with Crippen LogP contribution in [0, 0.1) is 0 Å². The maximum absolute atomic E-state index is 14.0. The van der Waals surface area contributed by atoms with E-state index in [1.165, 1.54) is 41.5 Å². The van der Waals surface area contributed by atoms with Crippen LogP contribution in [0.25, 0.3) is 11.0 Å². The van der Waals surface area contributed by atoms with Crippen LogP contribution in [0.1, 0.15) is 53.5 Å². The Kier molecular flexibility index (Phi) is 16.7. The number of nitrogens with zero attached hydrogens (tertiary/aromatic N) is 3. The summed E-state index contributed by atoms with van der Waals surface area (Å²) in [5.41, 5.74) is -1.12. The number of aromatic nitrogens is 3. The molecule has 59 heavy (non-hydrogen) atoms. The van der Waals surface area contributed by atoms with Crippen molar-refractivity contribution in [2.45, 2.75) is 90.9 Å². The molecule has 25 nitrogen and oxygen atoms in total. The Morgan fingerprint density at radius 1 is 0.763 bits per heavy atom. The molecule has 328 valence electrons. The van der Waals surface area contributed by atoms with Gasteiger partial charge >= 0.3 is 39.8 Å². The molecular weight excluding hydrogens is 840 g/mol. The quantitative estimate of drug-likeness (QED) is 0.0707. The number of ether oxygens (including phenoxy) is 7. The second-order valence-corrected chi connectivity index (χ2v) is 16.3. The fourth-order valence-electron chi connectivity index (χ4n) is 4.72. The lowest BCUT2D eigenvalue weighted by atomic mass is 10.1. The van der Waals surface area contributed by atoms with Gasteiger partial charge in [0.05, 0.1) is 31.5 Å². The van der Waals surface area contributed by atoms with Gasteiger partial charge in [-0.15, -0.1) is 0 Å². The molecule has 1 aliphatic rings. The minimum Gasteiger partial charge on any atom is -0.432 e. The van der Waals surface area contributed by atoms with E-state index in [4.69, 9.17) is 45.9 Å². The highest BCUT2D eigenvalue weighted by Crippen LogP contribution is 2.66. The Bertz CT molecular complexity index is 2080. The standard InChI is InChI=1S/C32H43N3O22P2/c1-18(2)52-30(40)45-15-49-58(43,57-59(44,50-16-46-31(41)53-19(3)4)51-17-47-32(42)54-20(5)6)48-14-24-26(37)27(38)28(55-24)34-12-11-25(36)35(29(34)39)13-22-21-9-7-8-10-23(21)56-33-22/h7-12,18-20,24,26-28,37-38H,13-17H2,1-6H3/t24-,26-,27-,28-,58?/m1/s1. The first-order valence-corrected chi connectivity index (χ1v) is 20.4. The zero-order chi connectivity index (χ0) is 43.5. The number of carbonyl (C=O) groups is 3. The number of aliphatic hydroxyl groups is 2. The Hall–Kier alpha value is -4.68. The van der Waals surface area contributed by atoms with E-state index in [1.54, 1.807) is 24.3 Å². The van der Waals surface area contributed by atoms with E-state index in [0.29, 0.717) is 11.0 Å². The summed E-state index contributed by atoms with van der Waals surface area (Å²) in [5, 5.41) is 26.3. The maximum Gasteiger partial charge on any atom is 0.510 e. The molecule has 0 aliphatic carbocycles. The lowest BCUT2D eigenvalue weighted by molar-refractivity contribution is -0.0625. The number of para-hydroxylation sites is 1. The average molecular weight is 884 g/mol. The largest absolute Gasteiger partial charge is 0.510 e. The number of phosphoric acid groups is 2. The Morgan fingerprint density at radius 3 is 1.80 bits per heavy atom. The second-order valence-electron chi connectivity index (χ2n) is 12.8. The monoisotopic (exact) mass is 883 g/mol. The molecule has 1 unspecified atom stereocenters. The summed E-state index contributed by atoms with van der Waals surface area (Å²) in [5.74, 6) is 0. The van der Waals surface area contributed by atoms with Crippen LogP contribution in [0.15, 0.2) is 50.6 Å². The van der Waals surface area contributed by atoms with E-state index >= 15 is 0 Å². The fourth-order valence-corrected chi connectivity index (χ4v) is 7.48. The van der Waals surface area contributed by atoms with Crippen molar-refractivity contribution in [1.29, 1.82) is 0 Å². The minimum absolute atomic E-state index is 0.239. The van der Waals surface area contributed by atoms with Crippen LogP contribution < -0.4 is 11.2 Å². The van der Waals surface area contributed by atoms with E-state index in [1.807, 2.05) is 0 Å². The van der Waals surface area contributed by atoms with Crippen LogP contribution in [0.3, 0.4) is 0 Å². The van der Waals surface area contributed by atoms with Gasteiger partial charge in [-0.1, -0.05) is 17.3 Å². The van der Waals surface area contributed by atoms with Gasteiger partial charge in [-0.25, -0.2) is 41.9 Å². The summed E-state index contributed by atoms with van der Waals surface area (Å²) in [6.07, 6.45) is -12.1. The molecule has 2 N–H and O–H groups in total. The molecule has 3 heterocycles. The molecule has 0 spiro atoms. The van der Waals surface area contributed by atoms with Crippen molar-refractivity contribution >= 4 is 45.1 Å². The van der Waals surface area contributed by atoms with Crippen molar-refractivity contribution in [3.8, 4) is 0 Å². The number of carbonyl (C=O) groups excluding carboxylic acids is 3. The zero-order valence-electron chi connectivity index (χ0n) is 32.3. The van der Waals surface area contributed by atoms with Crippen LogP contribution in [0.5, 0.6) is 0 Å². The number of phosphoric ester groups is 2. The number of hydrogen-bond donors (Lipinski definition) is 2. The molecule has 1 aromatic carbocycles. The molecule has 2 aromatic heterocycles. The third kappa shape index (κ3) is 13.7. The Morgan fingerprint density at radius 2 is 1.27 bits per heavy atom. The predicted molar refractivity (Wildman–Crippen MR) is 192 cm³/mol. The smallest absolute Gasteiger partial charge is 0.432 e. The van der Waals surface area contributed by atoms with E-state index in [0.717, 1.165) is 21.4 Å². The highest BCUT2D eigenvalue weighted by molar-refractivity contribution is 7.62. The molecule has 0 amide bonds. The van der Waals surface area contributed by atoms with Crippen LogP contribution in [-0.4, -0.2) is 107 Å². The summed E-state index contributed by atoms with van der Waals surface area (Å²) >= 11 is 0. The average Bonchev–Trinajstić information content (AvgIpc) is 3.67. The molecule has 5 atom stereocenters. The summed E-state index contributed by atoms with van der Waals surface area (Å²) in [6, 6.07) is 7.69. The summed E-state index contributed by atoms with van der Waals surface area (Å²) in [6.45, 7) is 3.74. The van der Waals surface area contributed by atoms with Gasteiger partial charge in [0.15, 0.2) is 11.8 Å². The van der Waals surface area contributed by atoms with Gasteiger partial charge in [0, 0.05) is 17.6 Å². The van der Waals surface area contributed by atoms with Gasteiger partial charge in [-0.3, -0.25) is 18.5 Å². The SMILES string of the molecule is CC(C)OC(=O)OCOP(=O)(OCOC(=O)OC(C)C)OP(=O)(OCOC(=O)OC(C)C)OC[C@H]1O[C@@H](n2ccc(=O)n(Cc3noc4ccccc34)c2=O)[C@H](O)[C@@H]1O. The number of rotatable bonds is 20. The van der Waals surface area contributed by atoms with Gasteiger partial charge in [-0.05, 0) is 53.7 Å². The van der Waals surface area contributed by atoms with E-state index in [-0.39, 0.29) is 12.2 Å². The number of benzene rings is 1. The highest BCUT2D eigenvalue weighted by atomic mass is 31.3. The normalized spacial score (nSPS) is 19.2. The first-order chi connectivity index (χ1) is 27.8.